The highest BCUT2D eigenvalue weighted by atomic mass is 32.2. The molecule has 0 radical (unpaired) electrons. The number of carbonyl (C=O) groups is 1. The van der Waals surface area contributed by atoms with Crippen LogP contribution in [-0.2, 0) is 4.79 Å². The Labute approximate surface area is 143 Å². The molecule has 2 aromatic rings. The van der Waals surface area contributed by atoms with Gasteiger partial charge in [0.25, 0.3) is 5.56 Å². The van der Waals surface area contributed by atoms with Crippen molar-refractivity contribution in [2.75, 3.05) is 16.9 Å². The molecule has 0 aliphatic carbocycles. The minimum Gasteiger partial charge on any atom is -0.489 e. The van der Waals surface area contributed by atoms with E-state index in [0.29, 0.717) is 11.4 Å². The summed E-state index contributed by atoms with van der Waals surface area (Å²) in [5.41, 5.74) is 0.339. The summed E-state index contributed by atoms with van der Waals surface area (Å²) in [5.74, 6) is 5.99. The Hall–Kier alpha value is -2.55. The number of thioether (sulfide) groups is 1. The smallest absolute Gasteiger partial charge is 0.294 e. The lowest BCUT2D eigenvalue weighted by atomic mass is 10.3. The maximum absolute atomic E-state index is 12.1. The molecule has 0 aliphatic heterocycles. The number of benzene rings is 1. The number of hydrogen-bond acceptors (Lipinski definition) is 7. The molecule has 24 heavy (non-hydrogen) atoms. The number of rotatable bonds is 6. The highest BCUT2D eigenvalue weighted by Crippen LogP contribution is 2.25. The quantitative estimate of drug-likeness (QED) is 0.595. The van der Waals surface area contributed by atoms with Crippen molar-refractivity contribution in [2.24, 2.45) is 0 Å². The van der Waals surface area contributed by atoms with Crippen LogP contribution in [-0.4, -0.2) is 32.6 Å². The summed E-state index contributed by atoms with van der Waals surface area (Å²) in [7, 11) is 0. The number of nitrogens with one attached hydrogen (secondary N) is 1. The van der Waals surface area contributed by atoms with Crippen molar-refractivity contribution in [2.45, 2.75) is 32.0 Å². The van der Waals surface area contributed by atoms with Crippen molar-refractivity contribution < 1.29 is 9.53 Å². The monoisotopic (exact) mass is 349 g/mol. The Bertz CT molecular complexity index is 791. The van der Waals surface area contributed by atoms with Crippen molar-refractivity contribution in [3.63, 3.8) is 0 Å². The van der Waals surface area contributed by atoms with Gasteiger partial charge in [0, 0.05) is 0 Å². The number of para-hydroxylation sites is 2. The average Bonchev–Trinajstić information content (AvgIpc) is 2.53. The van der Waals surface area contributed by atoms with E-state index in [2.05, 4.69) is 15.5 Å². The van der Waals surface area contributed by atoms with E-state index in [4.69, 9.17) is 10.6 Å². The summed E-state index contributed by atoms with van der Waals surface area (Å²) >= 11 is 1.03. The van der Waals surface area contributed by atoms with Crippen LogP contribution < -0.4 is 21.5 Å². The molecule has 0 spiro atoms. The van der Waals surface area contributed by atoms with E-state index in [1.165, 1.54) is 6.92 Å². The first-order valence-corrected chi connectivity index (χ1v) is 8.26. The van der Waals surface area contributed by atoms with Gasteiger partial charge in [0.15, 0.2) is 0 Å². The molecule has 1 heterocycles. The molecule has 8 nitrogen and oxygen atoms in total. The van der Waals surface area contributed by atoms with E-state index < -0.39 is 5.56 Å². The Morgan fingerprint density at radius 2 is 2.08 bits per heavy atom. The lowest BCUT2D eigenvalue weighted by molar-refractivity contribution is -0.113. The standard InChI is InChI=1S/C15H19N5O3S/c1-9(2)23-12-7-5-4-6-11(12)17-13(21)8-24-15-19-18-10(3)14(22)20(15)16/h4-7,9H,8,16H2,1-3H3,(H,17,21). The predicted molar refractivity (Wildman–Crippen MR) is 92.7 cm³/mol. The minimum absolute atomic E-state index is 0.00747. The third-order valence-corrected chi connectivity index (χ3v) is 3.82. The zero-order valence-electron chi connectivity index (χ0n) is 13.6. The summed E-state index contributed by atoms with van der Waals surface area (Å²) in [6.45, 7) is 5.33. The van der Waals surface area contributed by atoms with Gasteiger partial charge in [0.1, 0.15) is 11.4 Å². The summed E-state index contributed by atoms with van der Waals surface area (Å²) < 4.78 is 6.53. The first kappa shape index (κ1) is 17.8. The second kappa shape index (κ2) is 7.82. The highest BCUT2D eigenvalue weighted by molar-refractivity contribution is 7.99. The minimum atomic E-state index is -0.441. The number of nitrogens with two attached hydrogens (primary N) is 1. The van der Waals surface area contributed by atoms with Crippen LogP contribution >= 0.6 is 11.8 Å². The number of nitrogens with zero attached hydrogens (tertiary/aromatic N) is 3. The van der Waals surface area contributed by atoms with E-state index >= 15 is 0 Å². The first-order valence-electron chi connectivity index (χ1n) is 7.28. The Morgan fingerprint density at radius 3 is 2.79 bits per heavy atom. The van der Waals surface area contributed by atoms with Crippen LogP contribution in [0, 0.1) is 6.92 Å². The fraction of sp³-hybridized carbons (Fsp3) is 0.333. The number of nitrogen functional groups attached to an aromatic ring is 1. The Kier molecular flexibility index (Phi) is 5.80. The summed E-state index contributed by atoms with van der Waals surface area (Å²) in [6.07, 6.45) is -0.00747. The van der Waals surface area contributed by atoms with Crippen molar-refractivity contribution in [1.82, 2.24) is 14.9 Å². The average molecular weight is 349 g/mol. The second-order valence-electron chi connectivity index (χ2n) is 5.24. The van der Waals surface area contributed by atoms with Crippen LogP contribution in [0.1, 0.15) is 19.5 Å². The number of aryl methyl sites for hydroxylation is 1. The van der Waals surface area contributed by atoms with Crippen molar-refractivity contribution in [3.05, 3.63) is 40.3 Å². The summed E-state index contributed by atoms with van der Waals surface area (Å²) in [6, 6.07) is 7.17. The van der Waals surface area contributed by atoms with E-state index in [-0.39, 0.29) is 28.6 Å². The predicted octanol–water partition coefficient (Wildman–Crippen LogP) is 1.18. The third-order valence-electron chi connectivity index (χ3n) is 2.88. The maximum Gasteiger partial charge on any atom is 0.294 e. The largest absolute Gasteiger partial charge is 0.489 e. The molecule has 1 aromatic carbocycles. The van der Waals surface area contributed by atoms with Gasteiger partial charge in [-0.15, -0.1) is 10.2 Å². The lowest BCUT2D eigenvalue weighted by Crippen LogP contribution is -2.32. The fourth-order valence-corrected chi connectivity index (χ4v) is 2.46. The molecule has 9 heteroatoms. The number of hydrogen-bond donors (Lipinski definition) is 2. The van der Waals surface area contributed by atoms with E-state index in [1.54, 1.807) is 18.2 Å². The van der Waals surface area contributed by atoms with Gasteiger partial charge in [0.2, 0.25) is 11.1 Å². The van der Waals surface area contributed by atoms with Crippen LogP contribution in [0.2, 0.25) is 0 Å². The zero-order chi connectivity index (χ0) is 17.7. The van der Waals surface area contributed by atoms with Gasteiger partial charge in [-0.1, -0.05) is 23.9 Å². The SMILES string of the molecule is Cc1nnc(SCC(=O)Nc2ccccc2OC(C)C)n(N)c1=O. The van der Waals surface area contributed by atoms with Crippen LogP contribution in [0.25, 0.3) is 0 Å². The van der Waals surface area contributed by atoms with Crippen molar-refractivity contribution in [3.8, 4) is 5.75 Å². The topological polar surface area (TPSA) is 112 Å². The van der Waals surface area contributed by atoms with E-state index in [1.807, 2.05) is 19.9 Å². The molecule has 0 saturated carbocycles. The number of ether oxygens (including phenoxy) is 1. The number of aromatic nitrogens is 3. The van der Waals surface area contributed by atoms with Gasteiger partial charge in [-0.2, -0.15) is 4.68 Å². The number of anilines is 1. The van der Waals surface area contributed by atoms with Gasteiger partial charge in [0.05, 0.1) is 17.5 Å². The Morgan fingerprint density at radius 1 is 1.38 bits per heavy atom. The molecule has 0 saturated heterocycles. The van der Waals surface area contributed by atoms with Gasteiger partial charge in [-0.05, 0) is 32.9 Å². The molecule has 0 fully saturated rings. The van der Waals surface area contributed by atoms with Crippen LogP contribution in [0.5, 0.6) is 5.75 Å². The van der Waals surface area contributed by atoms with Crippen LogP contribution in [0.15, 0.2) is 34.2 Å². The molecule has 0 atom stereocenters. The molecular weight excluding hydrogens is 330 g/mol. The first-order chi connectivity index (χ1) is 11.4. The summed E-state index contributed by atoms with van der Waals surface area (Å²) in [4.78, 5) is 23.8. The third kappa shape index (κ3) is 4.48. The summed E-state index contributed by atoms with van der Waals surface area (Å²) in [5, 5.41) is 10.5. The van der Waals surface area contributed by atoms with Crippen molar-refractivity contribution in [1.29, 1.82) is 0 Å². The normalized spacial score (nSPS) is 10.7. The lowest BCUT2D eigenvalue weighted by Gasteiger charge is -2.14. The van der Waals surface area contributed by atoms with Gasteiger partial charge in [-0.3, -0.25) is 9.59 Å². The molecule has 0 bridgehead atoms. The molecule has 1 aromatic heterocycles. The van der Waals surface area contributed by atoms with E-state index in [0.717, 1.165) is 16.4 Å². The number of carbonyl (C=O) groups excluding carboxylic acids is 1. The highest BCUT2D eigenvalue weighted by Gasteiger charge is 2.12. The molecule has 128 valence electrons. The molecule has 2 rings (SSSR count). The van der Waals surface area contributed by atoms with Crippen LogP contribution in [0.4, 0.5) is 5.69 Å². The van der Waals surface area contributed by atoms with Gasteiger partial charge >= 0.3 is 0 Å². The van der Waals surface area contributed by atoms with Crippen molar-refractivity contribution >= 4 is 23.4 Å². The molecular formula is C15H19N5O3S. The van der Waals surface area contributed by atoms with Crippen LogP contribution in [0.3, 0.4) is 0 Å². The van der Waals surface area contributed by atoms with E-state index in [9.17, 15) is 9.59 Å². The second-order valence-corrected chi connectivity index (χ2v) is 6.19. The molecule has 0 unspecified atom stereocenters. The molecule has 1 amide bonds. The Balaban J connectivity index is 2.02. The fourth-order valence-electron chi connectivity index (χ4n) is 1.81. The molecule has 0 aliphatic rings. The van der Waals surface area contributed by atoms with Gasteiger partial charge in [-0.25, -0.2) is 0 Å². The zero-order valence-corrected chi connectivity index (χ0v) is 14.5. The van der Waals surface area contributed by atoms with Gasteiger partial charge < -0.3 is 15.9 Å². The maximum atomic E-state index is 12.1. The molecule has 3 N–H and O–H groups in total. The number of amides is 1.